The molecule has 0 aromatic heterocycles. The van der Waals surface area contributed by atoms with Gasteiger partial charge in [-0.3, -0.25) is 14.1 Å². The number of halogens is 1. The van der Waals surface area contributed by atoms with Gasteiger partial charge in [0.25, 0.3) is 0 Å². The summed E-state index contributed by atoms with van der Waals surface area (Å²) in [6.45, 7) is 1.87. The third-order valence-electron chi connectivity index (χ3n) is 2.70. The molecular formula is C12H21FN2O4. The van der Waals surface area contributed by atoms with Gasteiger partial charge in [0.05, 0.1) is 19.9 Å². The van der Waals surface area contributed by atoms with Gasteiger partial charge in [-0.25, -0.2) is 4.79 Å². The van der Waals surface area contributed by atoms with Gasteiger partial charge < -0.3 is 15.2 Å². The molecule has 3 atom stereocenters. The van der Waals surface area contributed by atoms with E-state index in [4.69, 9.17) is 9.84 Å². The van der Waals surface area contributed by atoms with Crippen LogP contribution in [-0.4, -0.2) is 55.5 Å². The lowest BCUT2D eigenvalue weighted by atomic mass is 10.1. The van der Waals surface area contributed by atoms with Gasteiger partial charge in [-0.2, -0.15) is 0 Å². The maximum atomic E-state index is 11.7. The van der Waals surface area contributed by atoms with E-state index in [0.717, 1.165) is 0 Å². The molecule has 0 bridgehead atoms. The number of allylic oxidation sites excluding steroid dienone is 1. The Morgan fingerprint density at radius 3 is 2.63 bits per heavy atom. The first-order valence-corrected chi connectivity index (χ1v) is 5.90. The molecule has 1 aliphatic heterocycles. The minimum atomic E-state index is -0.455. The van der Waals surface area contributed by atoms with Gasteiger partial charge >= 0.3 is 6.03 Å². The molecule has 0 saturated carbocycles. The maximum absolute atomic E-state index is 11.7. The number of ether oxygens (including phenoxy) is 1. The number of aldehydes is 1. The molecule has 110 valence electrons. The molecule has 6 nitrogen and oxygen atoms in total. The Morgan fingerprint density at radius 2 is 2.21 bits per heavy atom. The largest absolute Gasteiger partial charge is 0.394 e. The van der Waals surface area contributed by atoms with Crippen molar-refractivity contribution in [3.05, 3.63) is 12.3 Å². The van der Waals surface area contributed by atoms with E-state index in [1.807, 2.05) is 6.92 Å². The minimum absolute atomic E-state index is 0.0696. The molecule has 1 rings (SSSR count). The number of hydrogen-bond donors (Lipinski definition) is 2. The predicted molar refractivity (Wildman–Crippen MR) is 68.1 cm³/mol. The normalized spacial score (nSPS) is 25.6. The summed E-state index contributed by atoms with van der Waals surface area (Å²) in [5, 5.41) is 11.5. The fraction of sp³-hybridized carbons (Fsp3) is 0.667. The molecule has 1 saturated heterocycles. The quantitative estimate of drug-likeness (QED) is 0.584. The van der Waals surface area contributed by atoms with E-state index in [2.05, 4.69) is 5.32 Å². The molecule has 3 unspecified atom stereocenters. The zero-order valence-corrected chi connectivity index (χ0v) is 11.4. The SMILES string of the molecule is CF.CNC(=O)N(/C=C\C=O)C1OC(CO)CC1C. The lowest BCUT2D eigenvalue weighted by Gasteiger charge is -2.27. The van der Waals surface area contributed by atoms with E-state index in [-0.39, 0.29) is 24.7 Å². The molecule has 1 fully saturated rings. The van der Waals surface area contributed by atoms with Gasteiger partial charge in [0.1, 0.15) is 12.5 Å². The first-order chi connectivity index (χ1) is 9.13. The van der Waals surface area contributed by atoms with Crippen LogP contribution in [0.4, 0.5) is 9.18 Å². The van der Waals surface area contributed by atoms with Gasteiger partial charge in [0.15, 0.2) is 0 Å². The number of amides is 2. The average molecular weight is 276 g/mol. The third-order valence-corrected chi connectivity index (χ3v) is 2.70. The zero-order chi connectivity index (χ0) is 14.8. The molecule has 19 heavy (non-hydrogen) atoms. The standard InChI is InChI=1S/C11H18N2O4.CH3F/c1-8-6-9(7-15)17-10(8)13(4-3-5-14)11(16)12-2;1-2/h3-5,8-10,15H,6-7H2,1-2H3,(H,12,16);1H3/b4-3-;. The van der Waals surface area contributed by atoms with E-state index < -0.39 is 6.23 Å². The summed E-state index contributed by atoms with van der Waals surface area (Å²) in [6, 6.07) is -0.349. The molecule has 0 spiro atoms. The summed E-state index contributed by atoms with van der Waals surface area (Å²) >= 11 is 0. The van der Waals surface area contributed by atoms with Crippen molar-refractivity contribution in [2.75, 3.05) is 20.8 Å². The van der Waals surface area contributed by atoms with Crippen LogP contribution in [-0.2, 0) is 9.53 Å². The van der Waals surface area contributed by atoms with E-state index in [0.29, 0.717) is 19.9 Å². The second-order valence-electron chi connectivity index (χ2n) is 3.98. The summed E-state index contributed by atoms with van der Waals surface area (Å²) in [6.07, 6.45) is 3.18. The molecular weight excluding hydrogens is 255 g/mol. The Labute approximate surface area is 112 Å². The Morgan fingerprint density at radius 1 is 1.58 bits per heavy atom. The highest BCUT2D eigenvalue weighted by atomic mass is 19.1. The second-order valence-corrected chi connectivity index (χ2v) is 3.98. The third kappa shape index (κ3) is 4.96. The summed E-state index contributed by atoms with van der Waals surface area (Å²) in [5.41, 5.74) is 0. The number of aliphatic hydroxyl groups excluding tert-OH is 1. The molecule has 0 radical (unpaired) electrons. The highest BCUT2D eigenvalue weighted by Crippen LogP contribution is 2.28. The van der Waals surface area contributed by atoms with Crippen LogP contribution < -0.4 is 5.32 Å². The number of urea groups is 1. The number of alkyl halides is 1. The minimum Gasteiger partial charge on any atom is -0.394 e. The van der Waals surface area contributed by atoms with Crippen LogP contribution in [0.1, 0.15) is 13.3 Å². The molecule has 0 aromatic carbocycles. The van der Waals surface area contributed by atoms with Crippen LogP contribution in [0.5, 0.6) is 0 Å². The van der Waals surface area contributed by atoms with Crippen LogP contribution >= 0.6 is 0 Å². The fourth-order valence-electron chi connectivity index (χ4n) is 1.90. The number of carbonyl (C=O) groups is 2. The van der Waals surface area contributed by atoms with Crippen LogP contribution in [0.2, 0.25) is 0 Å². The van der Waals surface area contributed by atoms with Crippen LogP contribution in [0.25, 0.3) is 0 Å². The fourth-order valence-corrected chi connectivity index (χ4v) is 1.90. The molecule has 1 aliphatic rings. The Balaban J connectivity index is 0.00000154. The zero-order valence-electron chi connectivity index (χ0n) is 11.4. The van der Waals surface area contributed by atoms with E-state index in [1.54, 1.807) is 0 Å². The van der Waals surface area contributed by atoms with Crippen molar-refractivity contribution in [2.24, 2.45) is 5.92 Å². The summed E-state index contributed by atoms with van der Waals surface area (Å²) < 4.78 is 15.1. The van der Waals surface area contributed by atoms with Gasteiger partial charge in [-0.1, -0.05) is 6.92 Å². The van der Waals surface area contributed by atoms with Crippen molar-refractivity contribution in [3.63, 3.8) is 0 Å². The van der Waals surface area contributed by atoms with Gasteiger partial charge in [0, 0.05) is 19.2 Å². The molecule has 7 heteroatoms. The van der Waals surface area contributed by atoms with Gasteiger partial charge in [0.2, 0.25) is 0 Å². The number of hydrogen-bond acceptors (Lipinski definition) is 4. The lowest BCUT2D eigenvalue weighted by Crippen LogP contribution is -2.44. The number of aliphatic hydroxyl groups is 1. The summed E-state index contributed by atoms with van der Waals surface area (Å²) in [5.74, 6) is 0.0979. The maximum Gasteiger partial charge on any atom is 0.323 e. The molecule has 2 N–H and O–H groups in total. The van der Waals surface area contributed by atoms with Crippen LogP contribution in [0, 0.1) is 5.92 Å². The number of nitrogens with zero attached hydrogens (tertiary/aromatic N) is 1. The van der Waals surface area contributed by atoms with E-state index in [1.165, 1.54) is 24.2 Å². The Bertz CT molecular complexity index is 312. The topological polar surface area (TPSA) is 78.9 Å². The number of nitrogens with one attached hydrogen (secondary N) is 1. The van der Waals surface area contributed by atoms with E-state index in [9.17, 15) is 14.0 Å². The smallest absolute Gasteiger partial charge is 0.323 e. The van der Waals surface area contributed by atoms with E-state index >= 15 is 0 Å². The molecule has 0 aromatic rings. The van der Waals surface area contributed by atoms with Crippen molar-refractivity contribution in [1.82, 2.24) is 10.2 Å². The van der Waals surface area contributed by atoms with Crippen molar-refractivity contribution < 1.29 is 23.8 Å². The van der Waals surface area contributed by atoms with Gasteiger partial charge in [-0.05, 0) is 12.5 Å². The Hall–Kier alpha value is -1.47. The van der Waals surface area contributed by atoms with Crippen molar-refractivity contribution in [1.29, 1.82) is 0 Å². The second kappa shape index (κ2) is 9.46. The Kier molecular flexibility index (Phi) is 8.73. The average Bonchev–Trinajstić information content (AvgIpc) is 2.82. The first-order valence-electron chi connectivity index (χ1n) is 5.90. The van der Waals surface area contributed by atoms with Crippen molar-refractivity contribution >= 4 is 12.3 Å². The monoisotopic (exact) mass is 276 g/mol. The summed E-state index contributed by atoms with van der Waals surface area (Å²) in [7, 11) is 2.01. The van der Waals surface area contributed by atoms with Crippen molar-refractivity contribution in [2.45, 2.75) is 25.7 Å². The predicted octanol–water partition coefficient (Wildman–Crippen LogP) is 0.669. The van der Waals surface area contributed by atoms with Crippen molar-refractivity contribution in [3.8, 4) is 0 Å². The number of rotatable bonds is 4. The molecule has 0 aliphatic carbocycles. The van der Waals surface area contributed by atoms with Crippen LogP contribution in [0.3, 0.4) is 0 Å². The number of carbonyl (C=O) groups excluding carboxylic acids is 2. The molecule has 1 heterocycles. The van der Waals surface area contributed by atoms with Crippen LogP contribution in [0.15, 0.2) is 12.3 Å². The molecule has 2 amide bonds. The van der Waals surface area contributed by atoms with Gasteiger partial charge in [-0.15, -0.1) is 0 Å². The highest BCUT2D eigenvalue weighted by molar-refractivity contribution is 5.76. The highest BCUT2D eigenvalue weighted by Gasteiger charge is 2.37. The lowest BCUT2D eigenvalue weighted by molar-refractivity contribution is -0.104. The first kappa shape index (κ1) is 17.5. The summed E-state index contributed by atoms with van der Waals surface area (Å²) in [4.78, 5) is 23.3.